The number of hydrogen-bond acceptors (Lipinski definition) is 2. The largest absolute Gasteiger partial charge is 0.494 e. The van der Waals surface area contributed by atoms with Gasteiger partial charge in [-0.25, -0.2) is 0 Å². The molecule has 0 atom stereocenters. The van der Waals surface area contributed by atoms with E-state index in [0.29, 0.717) is 0 Å². The summed E-state index contributed by atoms with van der Waals surface area (Å²) in [6, 6.07) is 7.03. The zero-order valence-corrected chi connectivity index (χ0v) is 13.3. The number of rotatable bonds is 9. The Morgan fingerprint density at radius 2 is 2.11 bits per heavy atom. The zero-order chi connectivity index (χ0) is 13.5. The molecule has 2 rings (SSSR count). The van der Waals surface area contributed by atoms with E-state index in [4.69, 9.17) is 4.74 Å². The van der Waals surface area contributed by atoms with Crippen molar-refractivity contribution in [1.29, 1.82) is 0 Å². The highest BCUT2D eigenvalue weighted by atomic mass is 79.9. The van der Waals surface area contributed by atoms with Crippen LogP contribution in [0.4, 0.5) is 0 Å². The van der Waals surface area contributed by atoms with Gasteiger partial charge in [0.25, 0.3) is 0 Å². The third-order valence-corrected chi connectivity index (χ3v) is 4.22. The van der Waals surface area contributed by atoms with Crippen LogP contribution in [0.2, 0.25) is 0 Å². The van der Waals surface area contributed by atoms with Gasteiger partial charge in [0.05, 0.1) is 6.61 Å². The predicted octanol–water partition coefficient (Wildman–Crippen LogP) is 4.66. The fourth-order valence-corrected chi connectivity index (χ4v) is 2.42. The average molecular weight is 326 g/mol. The van der Waals surface area contributed by atoms with Crippen molar-refractivity contribution in [2.45, 2.75) is 58.0 Å². The van der Waals surface area contributed by atoms with Crippen LogP contribution in [0.5, 0.6) is 5.75 Å². The van der Waals surface area contributed by atoms with E-state index in [1.165, 1.54) is 42.1 Å². The van der Waals surface area contributed by atoms with Gasteiger partial charge in [-0.2, -0.15) is 0 Å². The van der Waals surface area contributed by atoms with E-state index in [-0.39, 0.29) is 0 Å². The molecule has 0 spiro atoms. The van der Waals surface area contributed by atoms with Gasteiger partial charge in [-0.1, -0.05) is 42.1 Å². The lowest BCUT2D eigenvalue weighted by atomic mass is 10.2. The SMILES string of the molecule is CCCCCCOc1ccc(Br)c(CNC2CC2)c1. The molecule has 0 bridgehead atoms. The van der Waals surface area contributed by atoms with E-state index in [0.717, 1.165) is 31.4 Å². The van der Waals surface area contributed by atoms with Crippen LogP contribution in [0.1, 0.15) is 51.0 Å². The van der Waals surface area contributed by atoms with Crippen LogP contribution in [0.25, 0.3) is 0 Å². The van der Waals surface area contributed by atoms with Crippen LogP contribution in [0, 0.1) is 0 Å². The Kier molecular flexibility index (Phi) is 6.18. The first kappa shape index (κ1) is 14.9. The van der Waals surface area contributed by atoms with Crippen molar-refractivity contribution in [3.05, 3.63) is 28.2 Å². The molecule has 1 aliphatic carbocycles. The molecule has 0 amide bonds. The maximum absolute atomic E-state index is 5.82. The topological polar surface area (TPSA) is 21.3 Å². The number of unbranched alkanes of at least 4 members (excludes halogenated alkanes) is 3. The lowest BCUT2D eigenvalue weighted by Crippen LogP contribution is -2.15. The normalized spacial score (nSPS) is 14.6. The first-order chi connectivity index (χ1) is 9.29. The Labute approximate surface area is 125 Å². The average Bonchev–Trinajstić information content (AvgIpc) is 3.23. The van der Waals surface area contributed by atoms with Crippen LogP contribution < -0.4 is 10.1 Å². The van der Waals surface area contributed by atoms with Gasteiger partial charge < -0.3 is 10.1 Å². The van der Waals surface area contributed by atoms with Gasteiger partial charge in [0.2, 0.25) is 0 Å². The summed E-state index contributed by atoms with van der Waals surface area (Å²) in [6.45, 7) is 3.99. The number of benzene rings is 1. The third kappa shape index (κ3) is 5.53. The Hall–Kier alpha value is -0.540. The maximum Gasteiger partial charge on any atom is 0.119 e. The van der Waals surface area contributed by atoms with Gasteiger partial charge in [-0.15, -0.1) is 0 Å². The zero-order valence-electron chi connectivity index (χ0n) is 11.8. The monoisotopic (exact) mass is 325 g/mol. The highest BCUT2D eigenvalue weighted by Gasteiger charge is 2.20. The Morgan fingerprint density at radius 1 is 1.26 bits per heavy atom. The molecule has 0 aliphatic heterocycles. The molecule has 1 N–H and O–H groups in total. The molecule has 0 heterocycles. The molecule has 1 aromatic rings. The van der Waals surface area contributed by atoms with Crippen molar-refractivity contribution in [2.75, 3.05) is 6.61 Å². The van der Waals surface area contributed by atoms with E-state index >= 15 is 0 Å². The summed E-state index contributed by atoms with van der Waals surface area (Å²) in [6.07, 6.45) is 7.65. The second-order valence-electron chi connectivity index (χ2n) is 5.32. The summed E-state index contributed by atoms with van der Waals surface area (Å²) < 4.78 is 6.99. The number of halogens is 1. The van der Waals surface area contributed by atoms with E-state index in [2.05, 4.69) is 40.3 Å². The molecule has 0 unspecified atom stereocenters. The van der Waals surface area contributed by atoms with Crippen LogP contribution in [-0.4, -0.2) is 12.6 Å². The molecule has 1 fully saturated rings. The molecular formula is C16H24BrNO. The van der Waals surface area contributed by atoms with Gasteiger partial charge in [-0.3, -0.25) is 0 Å². The maximum atomic E-state index is 5.82. The molecule has 1 aromatic carbocycles. The van der Waals surface area contributed by atoms with Crippen LogP contribution in [0.15, 0.2) is 22.7 Å². The van der Waals surface area contributed by atoms with Crippen LogP contribution in [0.3, 0.4) is 0 Å². The van der Waals surface area contributed by atoms with Gasteiger partial charge in [0, 0.05) is 17.1 Å². The summed E-state index contributed by atoms with van der Waals surface area (Å²) in [5, 5.41) is 3.54. The summed E-state index contributed by atoms with van der Waals surface area (Å²) in [5.41, 5.74) is 1.29. The fourth-order valence-electron chi connectivity index (χ4n) is 2.04. The van der Waals surface area contributed by atoms with Gasteiger partial charge >= 0.3 is 0 Å². The van der Waals surface area contributed by atoms with E-state index < -0.39 is 0 Å². The minimum absolute atomic E-state index is 0.741. The quantitative estimate of drug-likeness (QED) is 0.667. The van der Waals surface area contributed by atoms with Crippen molar-refractivity contribution in [1.82, 2.24) is 5.32 Å². The van der Waals surface area contributed by atoms with Crippen molar-refractivity contribution >= 4 is 15.9 Å². The molecule has 0 aromatic heterocycles. The molecule has 1 aliphatic rings. The third-order valence-electron chi connectivity index (χ3n) is 3.44. The second-order valence-corrected chi connectivity index (χ2v) is 6.17. The van der Waals surface area contributed by atoms with Crippen LogP contribution in [-0.2, 0) is 6.54 Å². The summed E-state index contributed by atoms with van der Waals surface area (Å²) >= 11 is 3.61. The highest BCUT2D eigenvalue weighted by molar-refractivity contribution is 9.10. The van der Waals surface area contributed by atoms with Gasteiger partial charge in [-0.05, 0) is 43.0 Å². The fraction of sp³-hybridized carbons (Fsp3) is 0.625. The molecule has 0 radical (unpaired) electrons. The summed E-state index contributed by atoms with van der Waals surface area (Å²) in [7, 11) is 0. The Morgan fingerprint density at radius 3 is 2.84 bits per heavy atom. The minimum Gasteiger partial charge on any atom is -0.494 e. The molecule has 19 heavy (non-hydrogen) atoms. The standard InChI is InChI=1S/C16H24BrNO/c1-2-3-4-5-10-19-15-8-9-16(17)13(11-15)12-18-14-6-7-14/h8-9,11,14,18H,2-7,10,12H2,1H3. The summed E-state index contributed by atoms with van der Waals surface area (Å²) in [4.78, 5) is 0. The Balaban J connectivity index is 1.77. The van der Waals surface area contributed by atoms with E-state index in [1.807, 2.05) is 6.07 Å². The summed E-state index contributed by atoms with van der Waals surface area (Å²) in [5.74, 6) is 0.993. The van der Waals surface area contributed by atoms with Crippen molar-refractivity contribution < 1.29 is 4.74 Å². The highest BCUT2D eigenvalue weighted by Crippen LogP contribution is 2.25. The smallest absolute Gasteiger partial charge is 0.119 e. The second kappa shape index (κ2) is 7.91. The Bertz CT molecular complexity index is 390. The molecule has 2 nitrogen and oxygen atoms in total. The molecule has 106 valence electrons. The first-order valence-corrected chi connectivity index (χ1v) is 8.23. The van der Waals surface area contributed by atoms with Gasteiger partial charge in [0.1, 0.15) is 5.75 Å². The number of nitrogens with one attached hydrogen (secondary N) is 1. The lowest BCUT2D eigenvalue weighted by Gasteiger charge is -2.10. The van der Waals surface area contributed by atoms with Crippen molar-refractivity contribution in [2.24, 2.45) is 0 Å². The first-order valence-electron chi connectivity index (χ1n) is 7.44. The molecule has 0 saturated heterocycles. The molecular weight excluding hydrogens is 302 g/mol. The lowest BCUT2D eigenvalue weighted by molar-refractivity contribution is 0.304. The predicted molar refractivity (Wildman–Crippen MR) is 83.6 cm³/mol. The van der Waals surface area contributed by atoms with E-state index in [1.54, 1.807) is 0 Å². The van der Waals surface area contributed by atoms with Crippen molar-refractivity contribution in [3.8, 4) is 5.75 Å². The van der Waals surface area contributed by atoms with E-state index in [9.17, 15) is 0 Å². The molecule has 1 saturated carbocycles. The van der Waals surface area contributed by atoms with Crippen molar-refractivity contribution in [3.63, 3.8) is 0 Å². The molecule has 3 heteroatoms. The number of ether oxygens (including phenoxy) is 1. The van der Waals surface area contributed by atoms with Crippen LogP contribution >= 0.6 is 15.9 Å². The minimum atomic E-state index is 0.741. The van der Waals surface area contributed by atoms with Gasteiger partial charge in [0.15, 0.2) is 0 Å². The number of hydrogen-bond donors (Lipinski definition) is 1.